The van der Waals surface area contributed by atoms with Gasteiger partial charge in [-0.2, -0.15) is 0 Å². The van der Waals surface area contributed by atoms with Gasteiger partial charge in [0.1, 0.15) is 11.5 Å². The Kier molecular flexibility index (Phi) is 8.06. The highest BCUT2D eigenvalue weighted by atomic mass is 16.5. The molecule has 2 N–H and O–H groups in total. The van der Waals surface area contributed by atoms with Crippen LogP contribution in [0.1, 0.15) is 38.7 Å². The fourth-order valence-electron chi connectivity index (χ4n) is 5.65. The zero-order valence-electron chi connectivity index (χ0n) is 22.9. The van der Waals surface area contributed by atoms with Crippen LogP contribution in [-0.2, 0) is 11.3 Å². The molecule has 2 atom stereocenters. The SMILES string of the molecule is COCCNC(=O)c1ccc(N2C[C@H]3C[C@@H](C2)c2cccc(=O)n2C3)c(NC(=O)c2cc(OC)cc(OC)c2)c1. The predicted molar refractivity (Wildman–Crippen MR) is 152 cm³/mol. The van der Waals surface area contributed by atoms with Gasteiger partial charge >= 0.3 is 0 Å². The molecule has 10 nitrogen and oxygen atoms in total. The van der Waals surface area contributed by atoms with Gasteiger partial charge in [-0.25, -0.2) is 0 Å². The van der Waals surface area contributed by atoms with Crippen molar-refractivity contribution in [2.75, 3.05) is 57.8 Å². The van der Waals surface area contributed by atoms with Crippen LogP contribution in [0.5, 0.6) is 11.5 Å². The lowest BCUT2D eigenvalue weighted by atomic mass is 9.83. The quantitative estimate of drug-likeness (QED) is 0.397. The molecule has 0 spiro atoms. The maximum atomic E-state index is 13.5. The molecule has 2 aliphatic rings. The number of pyridine rings is 1. The van der Waals surface area contributed by atoms with Gasteiger partial charge in [-0.3, -0.25) is 14.4 Å². The number of amides is 2. The molecule has 0 saturated carbocycles. The number of aromatic nitrogens is 1. The van der Waals surface area contributed by atoms with E-state index in [9.17, 15) is 14.4 Å². The highest BCUT2D eigenvalue weighted by Gasteiger charge is 2.35. The van der Waals surface area contributed by atoms with E-state index < -0.39 is 0 Å². The molecule has 0 aliphatic carbocycles. The van der Waals surface area contributed by atoms with Crippen LogP contribution in [-0.4, -0.2) is 64.0 Å². The molecule has 1 fully saturated rings. The first-order valence-electron chi connectivity index (χ1n) is 13.3. The molecule has 1 aromatic heterocycles. The number of rotatable bonds is 9. The summed E-state index contributed by atoms with van der Waals surface area (Å²) in [5, 5.41) is 5.87. The number of fused-ring (bicyclic) bond motifs is 4. The smallest absolute Gasteiger partial charge is 0.255 e. The highest BCUT2D eigenvalue weighted by Crippen LogP contribution is 2.39. The number of benzene rings is 2. The molecule has 210 valence electrons. The number of nitrogens with zero attached hydrogens (tertiary/aromatic N) is 2. The Labute approximate surface area is 232 Å². The van der Waals surface area contributed by atoms with Gasteiger partial charge in [-0.15, -0.1) is 0 Å². The number of anilines is 2. The number of piperidine rings is 1. The molecule has 3 aromatic rings. The van der Waals surface area contributed by atoms with E-state index in [0.29, 0.717) is 54.6 Å². The second-order valence-electron chi connectivity index (χ2n) is 10.1. The lowest BCUT2D eigenvalue weighted by molar-refractivity contribution is 0.0936. The normalized spacial score (nSPS) is 17.5. The minimum absolute atomic E-state index is 0.0335. The van der Waals surface area contributed by atoms with Crippen molar-refractivity contribution in [3.05, 3.63) is 81.8 Å². The molecule has 5 rings (SSSR count). The summed E-state index contributed by atoms with van der Waals surface area (Å²) in [5.74, 6) is 0.845. The van der Waals surface area contributed by atoms with Crippen LogP contribution in [0.2, 0.25) is 0 Å². The maximum absolute atomic E-state index is 13.5. The molecular weight excluding hydrogens is 512 g/mol. The molecule has 2 aliphatic heterocycles. The van der Waals surface area contributed by atoms with Crippen molar-refractivity contribution in [3.63, 3.8) is 0 Å². The van der Waals surface area contributed by atoms with Gasteiger partial charge < -0.3 is 34.3 Å². The van der Waals surface area contributed by atoms with Gasteiger partial charge in [0.15, 0.2) is 0 Å². The molecule has 3 heterocycles. The Morgan fingerprint density at radius 1 is 0.900 bits per heavy atom. The Bertz CT molecular complexity index is 1450. The molecule has 40 heavy (non-hydrogen) atoms. The summed E-state index contributed by atoms with van der Waals surface area (Å²) in [6, 6.07) is 15.8. The fraction of sp³-hybridized carbons (Fsp3) is 0.367. The number of ether oxygens (including phenoxy) is 3. The van der Waals surface area contributed by atoms with Gasteiger partial charge in [0.2, 0.25) is 0 Å². The minimum Gasteiger partial charge on any atom is -0.497 e. The third-order valence-electron chi connectivity index (χ3n) is 7.53. The second kappa shape index (κ2) is 11.8. The zero-order valence-corrected chi connectivity index (χ0v) is 22.9. The molecule has 2 bridgehead atoms. The van der Waals surface area contributed by atoms with Gasteiger partial charge in [-0.1, -0.05) is 6.07 Å². The Balaban J connectivity index is 1.47. The first kappa shape index (κ1) is 27.3. The summed E-state index contributed by atoms with van der Waals surface area (Å²) in [5.41, 5.74) is 3.20. The van der Waals surface area contributed by atoms with E-state index in [1.54, 1.807) is 43.5 Å². The van der Waals surface area contributed by atoms with Crippen molar-refractivity contribution in [3.8, 4) is 11.5 Å². The number of carbonyl (C=O) groups is 2. The molecule has 10 heteroatoms. The van der Waals surface area contributed by atoms with Crippen molar-refractivity contribution in [2.24, 2.45) is 5.92 Å². The Morgan fingerprint density at radius 3 is 2.40 bits per heavy atom. The van der Waals surface area contributed by atoms with Crippen LogP contribution in [0.4, 0.5) is 11.4 Å². The third-order valence-corrected chi connectivity index (χ3v) is 7.53. The number of carbonyl (C=O) groups excluding carboxylic acids is 2. The number of hydrogen-bond acceptors (Lipinski definition) is 7. The average Bonchev–Trinajstić information content (AvgIpc) is 2.97. The molecular formula is C30H34N4O6. The molecule has 2 amide bonds. The van der Waals surface area contributed by atoms with Gasteiger partial charge in [0.25, 0.3) is 17.4 Å². The van der Waals surface area contributed by atoms with Gasteiger partial charge in [-0.05, 0) is 48.7 Å². The van der Waals surface area contributed by atoms with E-state index in [2.05, 4.69) is 15.5 Å². The monoisotopic (exact) mass is 546 g/mol. The summed E-state index contributed by atoms with van der Waals surface area (Å²) in [4.78, 5) is 41.1. The highest BCUT2D eigenvalue weighted by molar-refractivity contribution is 6.07. The van der Waals surface area contributed by atoms with Crippen molar-refractivity contribution in [1.29, 1.82) is 0 Å². The van der Waals surface area contributed by atoms with Crippen molar-refractivity contribution >= 4 is 23.2 Å². The van der Waals surface area contributed by atoms with E-state index in [-0.39, 0.29) is 29.2 Å². The lowest BCUT2D eigenvalue weighted by Gasteiger charge is -2.44. The van der Waals surface area contributed by atoms with Crippen molar-refractivity contribution in [1.82, 2.24) is 9.88 Å². The van der Waals surface area contributed by atoms with Gasteiger partial charge in [0, 0.05) is 68.2 Å². The van der Waals surface area contributed by atoms with Crippen LogP contribution >= 0.6 is 0 Å². The number of methoxy groups -OCH3 is 3. The van der Waals surface area contributed by atoms with Crippen molar-refractivity contribution < 1.29 is 23.8 Å². The summed E-state index contributed by atoms with van der Waals surface area (Å²) in [6.45, 7) is 2.85. The van der Waals surface area contributed by atoms with Crippen LogP contribution in [0.3, 0.4) is 0 Å². The van der Waals surface area contributed by atoms with E-state index in [0.717, 1.165) is 24.3 Å². The van der Waals surface area contributed by atoms with E-state index in [1.807, 2.05) is 22.8 Å². The summed E-state index contributed by atoms with van der Waals surface area (Å²) < 4.78 is 17.6. The van der Waals surface area contributed by atoms with Crippen LogP contribution < -0.4 is 30.6 Å². The average molecular weight is 547 g/mol. The zero-order chi connectivity index (χ0) is 28.2. The fourth-order valence-corrected chi connectivity index (χ4v) is 5.65. The van der Waals surface area contributed by atoms with Crippen LogP contribution in [0.25, 0.3) is 0 Å². The first-order chi connectivity index (χ1) is 19.4. The Morgan fingerprint density at radius 2 is 1.68 bits per heavy atom. The third kappa shape index (κ3) is 5.67. The lowest BCUT2D eigenvalue weighted by Crippen LogP contribution is -2.47. The summed E-state index contributed by atoms with van der Waals surface area (Å²) in [6.07, 6.45) is 1.01. The van der Waals surface area contributed by atoms with E-state index in [1.165, 1.54) is 14.2 Å². The minimum atomic E-state index is -0.357. The Hall–Kier alpha value is -4.31. The molecule has 2 aromatic carbocycles. The topological polar surface area (TPSA) is 111 Å². The molecule has 1 saturated heterocycles. The first-order valence-corrected chi connectivity index (χ1v) is 13.3. The number of hydrogen-bond donors (Lipinski definition) is 2. The van der Waals surface area contributed by atoms with Gasteiger partial charge in [0.05, 0.1) is 32.2 Å². The number of nitrogens with one attached hydrogen (secondary N) is 2. The summed E-state index contributed by atoms with van der Waals surface area (Å²) in [7, 11) is 4.63. The largest absolute Gasteiger partial charge is 0.497 e. The van der Waals surface area contributed by atoms with E-state index in [4.69, 9.17) is 14.2 Å². The maximum Gasteiger partial charge on any atom is 0.255 e. The second-order valence-corrected chi connectivity index (χ2v) is 10.1. The van der Waals surface area contributed by atoms with Crippen LogP contribution in [0, 0.1) is 5.92 Å². The molecule has 0 radical (unpaired) electrons. The molecule has 0 unspecified atom stereocenters. The van der Waals surface area contributed by atoms with Crippen LogP contribution in [0.15, 0.2) is 59.4 Å². The standard InChI is InChI=1S/C30H34N4O6/c1-38-10-9-31-29(36)20-7-8-27(25(14-20)32-30(37)21-12-23(39-2)15-24(13-21)40-3)33-16-19-11-22(18-33)26-5-4-6-28(35)34(26)17-19/h4-8,12-15,19,22H,9-11,16-18H2,1-3H3,(H,31,36)(H,32,37)/t19-,22+/m1/s1. The summed E-state index contributed by atoms with van der Waals surface area (Å²) >= 11 is 0. The predicted octanol–water partition coefficient (Wildman–Crippen LogP) is 3.12. The van der Waals surface area contributed by atoms with E-state index >= 15 is 0 Å². The van der Waals surface area contributed by atoms with Crippen molar-refractivity contribution in [2.45, 2.75) is 18.9 Å².